The number of alkyl halides is 2. The summed E-state index contributed by atoms with van der Waals surface area (Å²) in [4.78, 5) is 0. The average Bonchev–Trinajstić information content (AvgIpc) is 3.22. The summed E-state index contributed by atoms with van der Waals surface area (Å²) >= 11 is 14.0. The molecule has 0 aromatic carbocycles. The van der Waals surface area contributed by atoms with E-state index < -0.39 is 0 Å². The minimum atomic E-state index is 0.155. The van der Waals surface area contributed by atoms with Crippen LogP contribution in [0.2, 0.25) is 0 Å². The highest BCUT2D eigenvalue weighted by Gasteiger charge is 2.87. The number of epoxide rings is 1. The Bertz CT molecular complexity index is 544. The third-order valence-corrected chi connectivity index (χ3v) is 11.1. The molecule has 3 heteroatoms. The zero-order valence-corrected chi connectivity index (χ0v) is 15.1. The van der Waals surface area contributed by atoms with Crippen molar-refractivity contribution in [3.05, 3.63) is 0 Å². The van der Waals surface area contributed by atoms with Crippen molar-refractivity contribution in [1.82, 2.24) is 0 Å². The van der Waals surface area contributed by atoms with Crippen molar-refractivity contribution in [2.45, 2.75) is 73.3 Å². The minimum absolute atomic E-state index is 0.155. The molecule has 1 saturated heterocycles. The fourth-order valence-corrected chi connectivity index (χ4v) is 10.4. The molecular formula is C20H26Cl2O. The smallest absolute Gasteiger partial charge is 0.106 e. The normalized spacial score (nSPS) is 73.3. The molecule has 23 heavy (non-hydrogen) atoms. The number of ether oxygens (including phenoxy) is 1. The van der Waals surface area contributed by atoms with Gasteiger partial charge in [0, 0.05) is 22.6 Å². The van der Waals surface area contributed by atoms with Crippen LogP contribution in [0, 0.1) is 47.3 Å². The maximum atomic E-state index is 7.02. The lowest BCUT2D eigenvalue weighted by Crippen LogP contribution is -2.65. The first-order valence-electron chi connectivity index (χ1n) is 10.1. The Balaban J connectivity index is 1.36. The lowest BCUT2D eigenvalue weighted by Gasteiger charge is -2.61. The van der Waals surface area contributed by atoms with Gasteiger partial charge in [-0.25, -0.2) is 0 Å². The molecule has 0 aromatic rings. The molecule has 1 aliphatic heterocycles. The van der Waals surface area contributed by atoms with Crippen LogP contribution >= 0.6 is 23.2 Å². The van der Waals surface area contributed by atoms with Crippen LogP contribution in [0.1, 0.15) is 51.4 Å². The molecule has 0 N–H and O–H groups in total. The van der Waals surface area contributed by atoms with Crippen molar-refractivity contribution in [3.8, 4) is 0 Å². The third-order valence-electron chi connectivity index (χ3n) is 9.75. The van der Waals surface area contributed by atoms with Gasteiger partial charge in [0.1, 0.15) is 11.2 Å². The number of hydrogen-bond donors (Lipinski definition) is 0. The molecule has 126 valence electrons. The van der Waals surface area contributed by atoms with Crippen LogP contribution in [0.3, 0.4) is 0 Å². The minimum Gasteiger partial charge on any atom is -0.361 e. The van der Waals surface area contributed by atoms with Crippen LogP contribution in [-0.4, -0.2) is 22.0 Å². The summed E-state index contributed by atoms with van der Waals surface area (Å²) in [6.45, 7) is 0. The van der Waals surface area contributed by atoms with Gasteiger partial charge in [0.25, 0.3) is 0 Å². The van der Waals surface area contributed by atoms with Gasteiger partial charge in [-0.05, 0) is 86.9 Å². The predicted molar refractivity (Wildman–Crippen MR) is 90.7 cm³/mol. The Morgan fingerprint density at radius 1 is 0.609 bits per heavy atom. The lowest BCUT2D eigenvalue weighted by atomic mass is 9.42. The van der Waals surface area contributed by atoms with Crippen molar-refractivity contribution in [3.63, 3.8) is 0 Å². The Labute approximate surface area is 148 Å². The Hall–Kier alpha value is 0.540. The van der Waals surface area contributed by atoms with E-state index in [1.54, 1.807) is 0 Å². The maximum Gasteiger partial charge on any atom is 0.106 e. The third kappa shape index (κ3) is 1.30. The van der Waals surface area contributed by atoms with Gasteiger partial charge in [-0.2, -0.15) is 0 Å². The van der Waals surface area contributed by atoms with E-state index in [0.29, 0.717) is 22.6 Å². The molecule has 8 bridgehead atoms. The van der Waals surface area contributed by atoms with Gasteiger partial charge in [0.15, 0.2) is 0 Å². The Morgan fingerprint density at radius 2 is 1.09 bits per heavy atom. The van der Waals surface area contributed by atoms with Gasteiger partial charge < -0.3 is 4.74 Å². The van der Waals surface area contributed by atoms with E-state index in [1.807, 2.05) is 0 Å². The summed E-state index contributed by atoms with van der Waals surface area (Å²) in [6.07, 6.45) is 11.1. The topological polar surface area (TPSA) is 12.5 Å². The molecule has 0 amide bonds. The Kier molecular flexibility index (Phi) is 2.35. The van der Waals surface area contributed by atoms with Gasteiger partial charge in [0.05, 0.1) is 0 Å². The first-order valence-corrected chi connectivity index (χ1v) is 11.0. The number of halogens is 2. The molecule has 1 nitrogen and oxygen atoms in total. The van der Waals surface area contributed by atoms with Crippen molar-refractivity contribution in [1.29, 1.82) is 0 Å². The summed E-state index contributed by atoms with van der Waals surface area (Å²) in [5, 5.41) is 0.765. The number of rotatable bonds is 0. The van der Waals surface area contributed by atoms with Gasteiger partial charge in [-0.15, -0.1) is 23.2 Å². The van der Waals surface area contributed by atoms with Crippen molar-refractivity contribution in [2.75, 3.05) is 0 Å². The zero-order chi connectivity index (χ0) is 15.1. The summed E-state index contributed by atoms with van der Waals surface area (Å²) in [7, 11) is 0. The standard InChI is InChI=1S/C20H26Cl2O/c21-17-11-1-9-3-13(7-11)19(15(17)5-9)20(23-19)14-4-10-2-12(8-14)18(22)16(20)6-10/h9-18H,1-8H2/t9-,10+,11+,12-,13?,14?,15+,16-,17-,18-,19?,20?/m0/s1. The number of hydrogen-bond acceptors (Lipinski definition) is 1. The largest absolute Gasteiger partial charge is 0.361 e. The summed E-state index contributed by atoms with van der Waals surface area (Å²) in [6, 6.07) is 0. The quantitative estimate of drug-likeness (QED) is 0.448. The van der Waals surface area contributed by atoms with E-state index in [4.69, 9.17) is 27.9 Å². The molecule has 4 unspecified atom stereocenters. The molecule has 2 spiro atoms. The zero-order valence-electron chi connectivity index (χ0n) is 13.6. The van der Waals surface area contributed by atoms with Crippen molar-refractivity contribution >= 4 is 23.2 Å². The first kappa shape index (κ1) is 13.7. The van der Waals surface area contributed by atoms with E-state index in [-0.39, 0.29) is 11.2 Å². The summed E-state index contributed by atoms with van der Waals surface area (Å²) < 4.78 is 7.02. The highest BCUT2D eigenvalue weighted by Crippen LogP contribution is 2.80. The van der Waals surface area contributed by atoms with Gasteiger partial charge >= 0.3 is 0 Å². The molecule has 8 aliphatic carbocycles. The van der Waals surface area contributed by atoms with Crippen molar-refractivity contribution < 1.29 is 4.74 Å². The molecule has 9 fully saturated rings. The molecule has 1 heterocycles. The van der Waals surface area contributed by atoms with Crippen LogP contribution in [0.15, 0.2) is 0 Å². The van der Waals surface area contributed by atoms with Crippen LogP contribution in [0.5, 0.6) is 0 Å². The monoisotopic (exact) mass is 352 g/mol. The molecule has 12 atom stereocenters. The molecule has 9 rings (SSSR count). The van der Waals surface area contributed by atoms with Crippen LogP contribution in [0.25, 0.3) is 0 Å². The van der Waals surface area contributed by atoms with E-state index >= 15 is 0 Å². The molecular weight excluding hydrogens is 327 g/mol. The molecule has 0 aromatic heterocycles. The fourth-order valence-electron chi connectivity index (χ4n) is 9.43. The van der Waals surface area contributed by atoms with Crippen LogP contribution in [-0.2, 0) is 4.74 Å². The second-order valence-corrected chi connectivity index (χ2v) is 11.3. The van der Waals surface area contributed by atoms with Crippen LogP contribution < -0.4 is 0 Å². The van der Waals surface area contributed by atoms with E-state index in [2.05, 4.69) is 0 Å². The maximum absolute atomic E-state index is 7.02. The van der Waals surface area contributed by atoms with Crippen LogP contribution in [0.4, 0.5) is 0 Å². The highest BCUT2D eigenvalue weighted by molar-refractivity contribution is 6.21. The molecule has 8 saturated carbocycles. The van der Waals surface area contributed by atoms with Gasteiger partial charge in [0.2, 0.25) is 0 Å². The summed E-state index contributed by atoms with van der Waals surface area (Å²) in [5.74, 6) is 6.37. The fraction of sp³-hybridized carbons (Fsp3) is 1.00. The SMILES string of the molecule is Cl[C@H]1[C@H]2CC3C[C@H](C2)C[C@H]1C31OC12C1C[C@H]3C[C@@H](C1)[C@H](Cl)[C@@H]2C3. The predicted octanol–water partition coefficient (Wildman–Crippen LogP) is 4.84. The Morgan fingerprint density at radius 3 is 1.57 bits per heavy atom. The summed E-state index contributed by atoms with van der Waals surface area (Å²) in [5.41, 5.74) is 0.311. The van der Waals surface area contributed by atoms with Gasteiger partial charge in [-0.3, -0.25) is 0 Å². The second kappa shape index (κ2) is 3.94. The average molecular weight is 353 g/mol. The first-order chi connectivity index (χ1) is 11.1. The second-order valence-electron chi connectivity index (χ2n) is 10.3. The highest BCUT2D eigenvalue weighted by atomic mass is 35.5. The van der Waals surface area contributed by atoms with Crippen molar-refractivity contribution in [2.24, 2.45) is 47.3 Å². The van der Waals surface area contributed by atoms with E-state index in [9.17, 15) is 0 Å². The van der Waals surface area contributed by atoms with Gasteiger partial charge in [-0.1, -0.05) is 0 Å². The molecule has 9 aliphatic rings. The lowest BCUT2D eigenvalue weighted by molar-refractivity contribution is -0.0706. The van der Waals surface area contributed by atoms with E-state index in [1.165, 1.54) is 51.4 Å². The van der Waals surface area contributed by atoms with E-state index in [0.717, 1.165) is 35.5 Å². The molecule has 0 radical (unpaired) electrons.